The molecule has 0 atom stereocenters. The van der Waals surface area contributed by atoms with Crippen LogP contribution in [0.4, 0.5) is 0 Å². The molecule has 147 valence electrons. The molecule has 4 heteroatoms. The number of benzene rings is 1. The van der Waals surface area contributed by atoms with Gasteiger partial charge in [-0.3, -0.25) is 0 Å². The molecule has 1 radical (unpaired) electrons. The van der Waals surface area contributed by atoms with E-state index >= 15 is 0 Å². The average Bonchev–Trinajstić information content (AvgIpc) is 2.91. The van der Waals surface area contributed by atoms with E-state index < -0.39 is 0 Å². The van der Waals surface area contributed by atoms with Crippen LogP contribution in [0.5, 0.6) is 11.5 Å². The molecule has 1 aliphatic rings. The Labute approximate surface area is 163 Å². The van der Waals surface area contributed by atoms with E-state index in [1.165, 1.54) is 31.6 Å². The van der Waals surface area contributed by atoms with E-state index in [9.17, 15) is 0 Å². The minimum absolute atomic E-state index is 0.292. The van der Waals surface area contributed by atoms with Gasteiger partial charge in [-0.1, -0.05) is 32.8 Å². The second-order valence-corrected chi connectivity index (χ2v) is 7.72. The molecule has 3 rings (SSSR count). The van der Waals surface area contributed by atoms with Crippen molar-refractivity contribution in [2.75, 3.05) is 20.3 Å². The number of para-hydroxylation sites is 1. The number of fused-ring (bicyclic) bond motifs is 1. The van der Waals surface area contributed by atoms with Crippen molar-refractivity contribution in [3.8, 4) is 11.5 Å². The summed E-state index contributed by atoms with van der Waals surface area (Å²) in [5.41, 5.74) is 1.93. The number of pyridine rings is 1. The fourth-order valence-electron chi connectivity index (χ4n) is 3.68. The summed E-state index contributed by atoms with van der Waals surface area (Å²) in [5.74, 6) is 3.07. The van der Waals surface area contributed by atoms with Crippen LogP contribution in [0.3, 0.4) is 0 Å². The molecule has 1 aromatic carbocycles. The first kappa shape index (κ1) is 19.9. The Balaban J connectivity index is 1.93. The van der Waals surface area contributed by atoms with Crippen molar-refractivity contribution in [1.29, 1.82) is 0 Å². The number of hydrogen-bond acceptors (Lipinski definition) is 4. The highest BCUT2D eigenvalue weighted by atomic mass is 16.5. The number of nitrogens with zero attached hydrogens (tertiary/aromatic N) is 1. The molecule has 0 unspecified atom stereocenters. The molecular formula is C23H32NO3. The third-order valence-electron chi connectivity index (χ3n) is 4.99. The van der Waals surface area contributed by atoms with Gasteiger partial charge in [0.25, 0.3) is 0 Å². The molecule has 1 aliphatic carbocycles. The second kappa shape index (κ2) is 9.93. The Morgan fingerprint density at radius 1 is 1.04 bits per heavy atom. The van der Waals surface area contributed by atoms with Crippen molar-refractivity contribution < 1.29 is 14.2 Å². The second-order valence-electron chi connectivity index (χ2n) is 7.72. The number of methoxy groups -OCH3 is 1. The van der Waals surface area contributed by atoms with E-state index in [0.29, 0.717) is 19.3 Å². The fraction of sp³-hybridized carbons (Fsp3) is 0.565. The fourth-order valence-corrected chi connectivity index (χ4v) is 3.68. The molecule has 1 aromatic heterocycles. The van der Waals surface area contributed by atoms with Gasteiger partial charge in [-0.05, 0) is 50.2 Å². The summed E-state index contributed by atoms with van der Waals surface area (Å²) in [7, 11) is 1.69. The number of ether oxygens (including phenoxy) is 3. The maximum Gasteiger partial charge on any atom is 0.146 e. The minimum atomic E-state index is 0.292. The molecule has 0 saturated heterocycles. The van der Waals surface area contributed by atoms with Crippen LogP contribution < -0.4 is 9.47 Å². The molecule has 0 bridgehead atoms. The summed E-state index contributed by atoms with van der Waals surface area (Å²) < 4.78 is 17.6. The van der Waals surface area contributed by atoms with Gasteiger partial charge >= 0.3 is 0 Å². The standard InChI is InChI=1S/C23H32NO3/c1-17(2)15-18-16-22(26-14-13-25-3)20-11-8-12-21(23(20)24-18)27-19-9-6-4-5-7-10-19/h8,11-12,16,19H,4-7,9-10,13-15H2,1-3H3. The van der Waals surface area contributed by atoms with E-state index in [-0.39, 0.29) is 0 Å². The Kier molecular flexibility index (Phi) is 7.33. The summed E-state index contributed by atoms with van der Waals surface area (Å²) in [6.45, 7) is 5.35. The van der Waals surface area contributed by atoms with Gasteiger partial charge in [-0.2, -0.15) is 0 Å². The van der Waals surface area contributed by atoms with Crippen LogP contribution in [-0.4, -0.2) is 31.4 Å². The number of rotatable bonds is 8. The zero-order chi connectivity index (χ0) is 19.1. The van der Waals surface area contributed by atoms with Crippen molar-refractivity contribution in [3.63, 3.8) is 0 Å². The number of hydrogen-bond donors (Lipinski definition) is 0. The molecule has 1 fully saturated rings. The lowest BCUT2D eigenvalue weighted by Gasteiger charge is -2.19. The van der Waals surface area contributed by atoms with Gasteiger partial charge < -0.3 is 14.2 Å². The minimum Gasteiger partial charge on any atom is -0.490 e. The van der Waals surface area contributed by atoms with E-state index in [1.54, 1.807) is 7.11 Å². The first-order valence-electron chi connectivity index (χ1n) is 10.2. The lowest BCUT2D eigenvalue weighted by Crippen LogP contribution is -2.15. The molecule has 1 saturated carbocycles. The van der Waals surface area contributed by atoms with Crippen molar-refractivity contribution >= 4 is 10.9 Å². The van der Waals surface area contributed by atoms with Gasteiger partial charge in [0.1, 0.15) is 23.6 Å². The van der Waals surface area contributed by atoms with E-state index in [1.807, 2.05) is 12.1 Å². The van der Waals surface area contributed by atoms with Crippen LogP contribution in [0.15, 0.2) is 24.3 Å². The Morgan fingerprint density at radius 2 is 1.81 bits per heavy atom. The zero-order valence-corrected chi connectivity index (χ0v) is 16.9. The van der Waals surface area contributed by atoms with Crippen LogP contribution in [0.25, 0.3) is 10.9 Å². The van der Waals surface area contributed by atoms with Crippen molar-refractivity contribution in [3.05, 3.63) is 35.9 Å². The van der Waals surface area contributed by atoms with Gasteiger partial charge in [0.15, 0.2) is 0 Å². The van der Waals surface area contributed by atoms with Crippen molar-refractivity contribution in [2.24, 2.45) is 0 Å². The molecule has 4 nitrogen and oxygen atoms in total. The lowest BCUT2D eigenvalue weighted by molar-refractivity contribution is 0.147. The monoisotopic (exact) mass is 370 g/mol. The van der Waals surface area contributed by atoms with E-state index in [2.05, 4.69) is 26.0 Å². The van der Waals surface area contributed by atoms with E-state index in [4.69, 9.17) is 19.2 Å². The smallest absolute Gasteiger partial charge is 0.146 e. The quantitative estimate of drug-likeness (QED) is 0.453. The van der Waals surface area contributed by atoms with Crippen LogP contribution >= 0.6 is 0 Å². The highest BCUT2D eigenvalue weighted by Gasteiger charge is 2.17. The van der Waals surface area contributed by atoms with Crippen LogP contribution in [-0.2, 0) is 11.2 Å². The van der Waals surface area contributed by atoms with Gasteiger partial charge in [0, 0.05) is 24.3 Å². The van der Waals surface area contributed by atoms with Crippen LogP contribution in [0.2, 0.25) is 0 Å². The summed E-state index contributed by atoms with van der Waals surface area (Å²) in [6.07, 6.45) is 8.55. The first-order valence-corrected chi connectivity index (χ1v) is 10.2. The van der Waals surface area contributed by atoms with Gasteiger partial charge in [-0.15, -0.1) is 0 Å². The average molecular weight is 371 g/mol. The molecular weight excluding hydrogens is 338 g/mol. The summed E-state index contributed by atoms with van der Waals surface area (Å²) in [4.78, 5) is 4.94. The highest BCUT2D eigenvalue weighted by molar-refractivity contribution is 5.90. The van der Waals surface area contributed by atoms with E-state index in [0.717, 1.165) is 47.4 Å². The Bertz CT molecular complexity index is 721. The molecule has 27 heavy (non-hydrogen) atoms. The SMILES string of the molecule is COCCOc1cc(C[C](C)C)nc2c(OC3CCCCCC3)cccc12. The number of aromatic nitrogens is 1. The van der Waals surface area contributed by atoms with Gasteiger partial charge in [-0.25, -0.2) is 4.98 Å². The highest BCUT2D eigenvalue weighted by Crippen LogP contribution is 2.34. The van der Waals surface area contributed by atoms with Gasteiger partial charge in [0.2, 0.25) is 0 Å². The molecule has 2 aromatic rings. The molecule has 0 amide bonds. The predicted molar refractivity (Wildman–Crippen MR) is 110 cm³/mol. The topological polar surface area (TPSA) is 40.6 Å². The molecule has 0 N–H and O–H groups in total. The predicted octanol–water partition coefficient (Wildman–Crippen LogP) is 5.52. The first-order chi connectivity index (χ1) is 13.2. The zero-order valence-electron chi connectivity index (χ0n) is 16.9. The summed E-state index contributed by atoms with van der Waals surface area (Å²) in [5, 5.41) is 1.01. The lowest BCUT2D eigenvalue weighted by atomic mass is 10.1. The Hall–Kier alpha value is -1.81. The van der Waals surface area contributed by atoms with Crippen LogP contribution in [0, 0.1) is 5.92 Å². The Morgan fingerprint density at radius 3 is 2.52 bits per heavy atom. The van der Waals surface area contributed by atoms with Crippen molar-refractivity contribution in [2.45, 2.75) is 64.9 Å². The molecule has 0 spiro atoms. The van der Waals surface area contributed by atoms with Crippen LogP contribution in [0.1, 0.15) is 58.1 Å². The third kappa shape index (κ3) is 5.58. The molecule has 0 aliphatic heterocycles. The summed E-state index contributed by atoms with van der Waals surface area (Å²) >= 11 is 0. The maximum absolute atomic E-state index is 6.44. The third-order valence-corrected chi connectivity index (χ3v) is 4.99. The largest absolute Gasteiger partial charge is 0.490 e. The maximum atomic E-state index is 6.44. The normalized spacial score (nSPS) is 15.9. The molecule has 1 heterocycles. The van der Waals surface area contributed by atoms with Crippen molar-refractivity contribution in [1.82, 2.24) is 4.98 Å². The van der Waals surface area contributed by atoms with Gasteiger partial charge in [0.05, 0.1) is 12.7 Å². The summed E-state index contributed by atoms with van der Waals surface area (Å²) in [6, 6.07) is 8.21.